The van der Waals surface area contributed by atoms with Gasteiger partial charge >= 0.3 is 0 Å². The number of carbonyl (C=O) groups is 1. The number of hydrogen-bond donors (Lipinski definition) is 0. The molecule has 2 heterocycles. The second-order valence-corrected chi connectivity index (χ2v) is 9.25. The number of carbonyl (C=O) groups excluding carboxylic acids is 1. The first-order valence-corrected chi connectivity index (χ1v) is 11.6. The number of fused-ring (bicyclic) bond motifs is 3. The minimum atomic E-state index is -0.0415. The highest BCUT2D eigenvalue weighted by atomic mass is 32.2. The normalized spacial score (nSPS) is 12.2. The lowest BCUT2D eigenvalue weighted by Gasteiger charge is -2.31. The van der Waals surface area contributed by atoms with Crippen LogP contribution in [-0.2, 0) is 4.79 Å². The molecule has 3 aromatic carbocycles. The molecule has 6 heteroatoms. The standard InChI is InChI=1S/C25H17N3OS2/c1-16-10-11-17-13-18(14-26)25(27-19(17)12-16)30-15-24(29)28-20-6-2-4-8-22(20)31-23-9-5-3-7-21(23)28/h2-13H,15H2,1H3. The second-order valence-electron chi connectivity index (χ2n) is 7.20. The predicted octanol–water partition coefficient (Wildman–Crippen LogP) is 6.34. The van der Waals surface area contributed by atoms with Crippen LogP contribution in [-0.4, -0.2) is 16.6 Å². The van der Waals surface area contributed by atoms with E-state index in [1.54, 1.807) is 16.7 Å². The lowest BCUT2D eigenvalue weighted by Crippen LogP contribution is -2.30. The molecule has 1 amide bonds. The van der Waals surface area contributed by atoms with Crippen molar-refractivity contribution in [2.45, 2.75) is 21.7 Å². The van der Waals surface area contributed by atoms with Crippen molar-refractivity contribution in [3.8, 4) is 6.07 Å². The molecule has 0 saturated heterocycles. The first kappa shape index (κ1) is 19.7. The van der Waals surface area contributed by atoms with E-state index in [1.807, 2.05) is 79.7 Å². The van der Waals surface area contributed by atoms with Crippen LogP contribution in [0.3, 0.4) is 0 Å². The number of para-hydroxylation sites is 2. The summed E-state index contributed by atoms with van der Waals surface area (Å²) in [5, 5.41) is 11.1. The molecule has 1 aliphatic heterocycles. The zero-order chi connectivity index (χ0) is 21.4. The molecule has 0 unspecified atom stereocenters. The van der Waals surface area contributed by atoms with Gasteiger partial charge in [-0.15, -0.1) is 0 Å². The fourth-order valence-corrected chi connectivity index (χ4v) is 5.49. The minimum Gasteiger partial charge on any atom is -0.278 e. The van der Waals surface area contributed by atoms with Crippen LogP contribution in [0.5, 0.6) is 0 Å². The predicted molar refractivity (Wildman–Crippen MR) is 126 cm³/mol. The van der Waals surface area contributed by atoms with E-state index >= 15 is 0 Å². The van der Waals surface area contributed by atoms with E-state index in [0.29, 0.717) is 10.6 Å². The maximum atomic E-state index is 13.4. The fraction of sp³-hybridized carbons (Fsp3) is 0.0800. The maximum Gasteiger partial charge on any atom is 0.242 e. The summed E-state index contributed by atoms with van der Waals surface area (Å²) in [6, 6.07) is 25.9. The Morgan fingerprint density at radius 1 is 1.03 bits per heavy atom. The Hall–Kier alpha value is -3.27. The molecule has 4 aromatic rings. The first-order valence-electron chi connectivity index (χ1n) is 9.77. The molecule has 0 saturated carbocycles. The van der Waals surface area contributed by atoms with Crippen molar-refractivity contribution < 1.29 is 4.79 Å². The van der Waals surface area contributed by atoms with Gasteiger partial charge in [-0.05, 0) is 48.9 Å². The third-order valence-corrected chi connectivity index (χ3v) is 7.18. The Morgan fingerprint density at radius 2 is 1.71 bits per heavy atom. The number of rotatable bonds is 3. The molecule has 5 rings (SSSR count). The first-order chi connectivity index (χ1) is 15.1. The van der Waals surface area contributed by atoms with Gasteiger partial charge in [0.1, 0.15) is 11.1 Å². The Balaban J connectivity index is 1.47. The monoisotopic (exact) mass is 439 g/mol. The van der Waals surface area contributed by atoms with Gasteiger partial charge in [0.05, 0.1) is 28.2 Å². The molecule has 31 heavy (non-hydrogen) atoms. The van der Waals surface area contributed by atoms with Gasteiger partial charge in [0.2, 0.25) is 5.91 Å². The van der Waals surface area contributed by atoms with Gasteiger partial charge < -0.3 is 0 Å². The van der Waals surface area contributed by atoms with Crippen LogP contribution < -0.4 is 4.90 Å². The van der Waals surface area contributed by atoms with Crippen LogP contribution in [0.4, 0.5) is 11.4 Å². The highest BCUT2D eigenvalue weighted by Gasteiger charge is 2.28. The highest BCUT2D eigenvalue weighted by Crippen LogP contribution is 2.48. The number of amides is 1. The minimum absolute atomic E-state index is 0.0415. The van der Waals surface area contributed by atoms with Crippen LogP contribution in [0.25, 0.3) is 10.9 Å². The number of nitrogens with zero attached hydrogens (tertiary/aromatic N) is 3. The van der Waals surface area contributed by atoms with E-state index in [2.05, 4.69) is 11.1 Å². The number of aryl methyl sites for hydroxylation is 1. The lowest BCUT2D eigenvalue weighted by atomic mass is 10.1. The molecule has 0 bridgehead atoms. The highest BCUT2D eigenvalue weighted by molar-refractivity contribution is 8.00. The van der Waals surface area contributed by atoms with E-state index in [9.17, 15) is 10.1 Å². The van der Waals surface area contributed by atoms with Gasteiger partial charge in [0.15, 0.2) is 0 Å². The van der Waals surface area contributed by atoms with Crippen molar-refractivity contribution in [2.24, 2.45) is 0 Å². The van der Waals surface area contributed by atoms with Crippen LogP contribution in [0.1, 0.15) is 11.1 Å². The molecule has 1 aliphatic rings. The zero-order valence-corrected chi connectivity index (χ0v) is 18.3. The van der Waals surface area contributed by atoms with E-state index in [-0.39, 0.29) is 11.7 Å². The summed E-state index contributed by atoms with van der Waals surface area (Å²) in [6.45, 7) is 2.01. The number of thioether (sulfide) groups is 1. The Morgan fingerprint density at radius 3 is 2.39 bits per heavy atom. The van der Waals surface area contributed by atoms with E-state index < -0.39 is 0 Å². The summed E-state index contributed by atoms with van der Waals surface area (Å²) in [7, 11) is 0. The number of nitriles is 1. The molecule has 0 aliphatic carbocycles. The van der Waals surface area contributed by atoms with Gasteiger partial charge in [-0.1, -0.05) is 59.9 Å². The average Bonchev–Trinajstić information content (AvgIpc) is 2.80. The molecule has 0 atom stereocenters. The Bertz CT molecular complexity index is 1330. The molecule has 150 valence electrons. The van der Waals surface area contributed by atoms with Gasteiger partial charge in [0, 0.05) is 15.2 Å². The van der Waals surface area contributed by atoms with Crippen LogP contribution in [0.2, 0.25) is 0 Å². The SMILES string of the molecule is Cc1ccc2cc(C#N)c(SCC(=O)N3c4ccccc4Sc4ccccc43)nc2c1. The fourth-order valence-electron chi connectivity index (χ4n) is 3.62. The van der Waals surface area contributed by atoms with Crippen molar-refractivity contribution in [2.75, 3.05) is 10.7 Å². The van der Waals surface area contributed by atoms with Gasteiger partial charge in [-0.2, -0.15) is 5.26 Å². The van der Waals surface area contributed by atoms with E-state index in [1.165, 1.54) is 11.8 Å². The number of benzene rings is 3. The third kappa shape index (κ3) is 3.67. The number of anilines is 2. The quantitative estimate of drug-likeness (QED) is 0.349. The van der Waals surface area contributed by atoms with Gasteiger partial charge in [-0.25, -0.2) is 4.98 Å². The topological polar surface area (TPSA) is 57.0 Å². The number of aromatic nitrogens is 1. The van der Waals surface area contributed by atoms with Crippen LogP contribution >= 0.6 is 23.5 Å². The molecule has 1 aromatic heterocycles. The summed E-state index contributed by atoms with van der Waals surface area (Å²) in [5.74, 6) is 0.145. The largest absolute Gasteiger partial charge is 0.278 e. The molecular weight excluding hydrogens is 422 g/mol. The van der Waals surface area contributed by atoms with Crippen molar-refractivity contribution in [1.82, 2.24) is 4.98 Å². The molecule has 4 nitrogen and oxygen atoms in total. The number of pyridine rings is 1. The number of hydrogen-bond acceptors (Lipinski definition) is 5. The summed E-state index contributed by atoms with van der Waals surface area (Å²) in [4.78, 5) is 22.0. The molecular formula is C25H17N3OS2. The Kier molecular flexibility index (Phi) is 5.14. The van der Waals surface area contributed by atoms with Crippen molar-refractivity contribution in [1.29, 1.82) is 5.26 Å². The molecule has 0 fully saturated rings. The summed E-state index contributed by atoms with van der Waals surface area (Å²) >= 11 is 2.98. The summed E-state index contributed by atoms with van der Waals surface area (Å²) in [5.41, 5.74) is 4.21. The maximum absolute atomic E-state index is 13.4. The van der Waals surface area contributed by atoms with Gasteiger partial charge in [-0.3, -0.25) is 9.69 Å². The van der Waals surface area contributed by atoms with Crippen LogP contribution in [0.15, 0.2) is 87.6 Å². The van der Waals surface area contributed by atoms with E-state index in [0.717, 1.165) is 37.6 Å². The Labute approximate surface area is 188 Å². The molecule has 0 spiro atoms. The second kappa shape index (κ2) is 8.10. The zero-order valence-electron chi connectivity index (χ0n) is 16.7. The van der Waals surface area contributed by atoms with Crippen molar-refractivity contribution in [3.63, 3.8) is 0 Å². The molecule has 0 radical (unpaired) electrons. The summed E-state index contributed by atoms with van der Waals surface area (Å²) < 4.78 is 0. The van der Waals surface area contributed by atoms with Crippen molar-refractivity contribution >= 4 is 51.7 Å². The third-order valence-electron chi connectivity index (χ3n) is 5.07. The van der Waals surface area contributed by atoms with Gasteiger partial charge in [0.25, 0.3) is 0 Å². The van der Waals surface area contributed by atoms with Crippen molar-refractivity contribution in [3.05, 3.63) is 83.9 Å². The van der Waals surface area contributed by atoms with Crippen LogP contribution in [0, 0.1) is 18.3 Å². The van der Waals surface area contributed by atoms with E-state index in [4.69, 9.17) is 0 Å². The smallest absolute Gasteiger partial charge is 0.242 e. The lowest BCUT2D eigenvalue weighted by molar-refractivity contribution is -0.115. The summed E-state index contributed by atoms with van der Waals surface area (Å²) in [6.07, 6.45) is 0. The average molecular weight is 440 g/mol. The molecule has 0 N–H and O–H groups in total.